The molecule has 4 nitrogen and oxygen atoms in total. The lowest BCUT2D eigenvalue weighted by molar-refractivity contribution is -0.170. The molecule has 2 atom stereocenters. The number of aryl methyl sites for hydroxylation is 1. The van der Waals surface area contributed by atoms with Crippen molar-refractivity contribution in [2.75, 3.05) is 10.2 Å². The molecule has 0 saturated heterocycles. The standard InChI is InChI=1S/C28H21Cl2F3N2O2/c1-15-6-8-16(9-7-15)26-25-22(13-18(14-24(25)36)17-10-11-19(29)20(30)12-17)34-21-4-2-3-5-23(21)35(26)27(37)28(31,32)33/h2-12,18,26,34H,13-14H2,1H3/t18-,26-/m0/s1. The van der Waals surface area contributed by atoms with E-state index in [1.54, 1.807) is 60.7 Å². The Kier molecular flexibility index (Phi) is 6.54. The normalized spacial score (nSPS) is 19.6. The number of alkyl halides is 3. The van der Waals surface area contributed by atoms with Crippen LogP contribution < -0.4 is 10.2 Å². The van der Waals surface area contributed by atoms with Gasteiger partial charge in [-0.05, 0) is 54.7 Å². The molecule has 1 amide bonds. The van der Waals surface area contributed by atoms with E-state index in [1.807, 2.05) is 6.92 Å². The van der Waals surface area contributed by atoms with Crippen LogP contribution in [0, 0.1) is 6.92 Å². The van der Waals surface area contributed by atoms with Crippen molar-refractivity contribution in [1.82, 2.24) is 0 Å². The summed E-state index contributed by atoms with van der Waals surface area (Å²) in [4.78, 5) is 27.4. The molecule has 0 saturated carbocycles. The second-order valence-corrected chi connectivity index (χ2v) is 10.0. The van der Waals surface area contributed by atoms with Gasteiger partial charge in [0.2, 0.25) is 0 Å². The Hall–Kier alpha value is -3.29. The van der Waals surface area contributed by atoms with Crippen molar-refractivity contribution < 1.29 is 22.8 Å². The minimum absolute atomic E-state index is 0.0451. The Morgan fingerprint density at radius 2 is 1.62 bits per heavy atom. The summed E-state index contributed by atoms with van der Waals surface area (Å²) in [6.07, 6.45) is -4.77. The maximum Gasteiger partial charge on any atom is 0.471 e. The van der Waals surface area contributed by atoms with E-state index in [1.165, 1.54) is 6.07 Å². The lowest BCUT2D eigenvalue weighted by Gasteiger charge is -2.35. The van der Waals surface area contributed by atoms with Gasteiger partial charge in [-0.3, -0.25) is 14.5 Å². The summed E-state index contributed by atoms with van der Waals surface area (Å²) in [6.45, 7) is 1.85. The van der Waals surface area contributed by atoms with Crippen molar-refractivity contribution in [2.24, 2.45) is 0 Å². The third kappa shape index (κ3) is 4.74. The van der Waals surface area contributed by atoms with Gasteiger partial charge in [0.1, 0.15) is 0 Å². The molecule has 0 bridgehead atoms. The largest absolute Gasteiger partial charge is 0.471 e. The summed E-state index contributed by atoms with van der Waals surface area (Å²) < 4.78 is 41.9. The predicted octanol–water partition coefficient (Wildman–Crippen LogP) is 7.76. The number of hydrogen-bond donors (Lipinski definition) is 1. The molecule has 0 spiro atoms. The quantitative estimate of drug-likeness (QED) is 0.358. The monoisotopic (exact) mass is 544 g/mol. The van der Waals surface area contributed by atoms with Crippen LogP contribution in [0.25, 0.3) is 0 Å². The number of para-hydroxylation sites is 2. The molecule has 5 rings (SSSR count). The zero-order valence-electron chi connectivity index (χ0n) is 19.6. The van der Waals surface area contributed by atoms with E-state index < -0.39 is 18.1 Å². The number of benzene rings is 3. The van der Waals surface area contributed by atoms with Gasteiger partial charge >= 0.3 is 12.1 Å². The van der Waals surface area contributed by atoms with Gasteiger partial charge in [0.05, 0.1) is 27.5 Å². The highest BCUT2D eigenvalue weighted by atomic mass is 35.5. The summed E-state index contributed by atoms with van der Waals surface area (Å²) in [5, 5.41) is 3.94. The second-order valence-electron chi connectivity index (χ2n) is 9.22. The first-order chi connectivity index (χ1) is 17.5. The molecule has 190 valence electrons. The summed E-state index contributed by atoms with van der Waals surface area (Å²) in [6, 6.07) is 17.0. The van der Waals surface area contributed by atoms with Crippen LogP contribution in [0.4, 0.5) is 24.5 Å². The van der Waals surface area contributed by atoms with Crippen LogP contribution in [-0.4, -0.2) is 17.9 Å². The molecule has 0 aromatic heterocycles. The third-order valence-electron chi connectivity index (χ3n) is 6.76. The van der Waals surface area contributed by atoms with Crippen LogP contribution in [-0.2, 0) is 9.59 Å². The second kappa shape index (κ2) is 9.54. The highest BCUT2D eigenvalue weighted by molar-refractivity contribution is 6.42. The smallest absolute Gasteiger partial charge is 0.357 e. The maximum absolute atomic E-state index is 14.0. The number of fused-ring (bicyclic) bond motifs is 1. The molecule has 1 heterocycles. The first-order valence-corrected chi connectivity index (χ1v) is 12.3. The molecule has 1 aliphatic carbocycles. The molecule has 3 aromatic carbocycles. The number of nitrogens with zero attached hydrogens (tertiary/aromatic N) is 1. The van der Waals surface area contributed by atoms with E-state index in [-0.39, 0.29) is 29.4 Å². The van der Waals surface area contributed by atoms with Crippen LogP contribution in [0.1, 0.15) is 41.5 Å². The van der Waals surface area contributed by atoms with Gasteiger partial charge in [-0.2, -0.15) is 13.2 Å². The number of hydrogen-bond acceptors (Lipinski definition) is 3. The van der Waals surface area contributed by atoms with E-state index in [2.05, 4.69) is 5.32 Å². The Morgan fingerprint density at radius 1 is 0.946 bits per heavy atom. The molecular formula is C28H21Cl2F3N2O2. The number of allylic oxidation sites excluding steroid dienone is 1. The van der Waals surface area contributed by atoms with E-state index in [0.29, 0.717) is 38.3 Å². The van der Waals surface area contributed by atoms with Crippen molar-refractivity contribution in [1.29, 1.82) is 0 Å². The number of anilines is 2. The Bertz CT molecular complexity index is 1430. The number of nitrogens with one attached hydrogen (secondary N) is 1. The number of rotatable bonds is 2. The average Bonchev–Trinajstić information content (AvgIpc) is 2.99. The van der Waals surface area contributed by atoms with Crippen molar-refractivity contribution in [3.05, 3.63) is 105 Å². The molecular weight excluding hydrogens is 524 g/mol. The average molecular weight is 545 g/mol. The minimum Gasteiger partial charge on any atom is -0.357 e. The zero-order valence-corrected chi connectivity index (χ0v) is 21.1. The molecule has 3 aromatic rings. The first-order valence-electron chi connectivity index (χ1n) is 11.6. The first kappa shape index (κ1) is 25.4. The summed E-state index contributed by atoms with van der Waals surface area (Å²) >= 11 is 12.3. The van der Waals surface area contributed by atoms with Gasteiger partial charge in [0.25, 0.3) is 0 Å². The summed E-state index contributed by atoms with van der Waals surface area (Å²) in [7, 11) is 0. The highest BCUT2D eigenvalue weighted by Gasteiger charge is 2.49. The van der Waals surface area contributed by atoms with Gasteiger partial charge in [-0.15, -0.1) is 0 Å². The molecule has 9 heteroatoms. The Morgan fingerprint density at radius 3 is 2.30 bits per heavy atom. The van der Waals surface area contributed by atoms with E-state index in [4.69, 9.17) is 23.2 Å². The summed E-state index contributed by atoms with van der Waals surface area (Å²) in [5.41, 5.74) is 3.08. The van der Waals surface area contributed by atoms with E-state index in [0.717, 1.165) is 11.1 Å². The molecule has 2 aliphatic rings. The van der Waals surface area contributed by atoms with Crippen molar-refractivity contribution >= 4 is 46.3 Å². The SMILES string of the molecule is Cc1ccc([C@H]2C3=C(C[C@H](c4ccc(Cl)c(Cl)c4)CC3=O)Nc3ccccc3N2C(=O)C(F)(F)F)cc1. The topological polar surface area (TPSA) is 49.4 Å². The molecule has 0 radical (unpaired) electrons. The minimum atomic E-state index is -5.15. The van der Waals surface area contributed by atoms with Crippen LogP contribution in [0.5, 0.6) is 0 Å². The van der Waals surface area contributed by atoms with Gasteiger partial charge in [0.15, 0.2) is 5.78 Å². The Labute approximate surface area is 221 Å². The lowest BCUT2D eigenvalue weighted by atomic mass is 9.78. The van der Waals surface area contributed by atoms with Crippen molar-refractivity contribution in [3.63, 3.8) is 0 Å². The molecule has 0 fully saturated rings. The van der Waals surface area contributed by atoms with Gasteiger partial charge in [-0.1, -0.05) is 71.2 Å². The van der Waals surface area contributed by atoms with Crippen LogP contribution in [0.2, 0.25) is 10.0 Å². The van der Waals surface area contributed by atoms with Crippen LogP contribution in [0.3, 0.4) is 0 Å². The fraction of sp³-hybridized carbons (Fsp3) is 0.214. The van der Waals surface area contributed by atoms with Crippen LogP contribution in [0.15, 0.2) is 78.0 Å². The van der Waals surface area contributed by atoms with Crippen molar-refractivity contribution in [3.8, 4) is 0 Å². The Balaban J connectivity index is 1.72. The predicted molar refractivity (Wildman–Crippen MR) is 138 cm³/mol. The molecule has 0 unspecified atom stereocenters. The van der Waals surface area contributed by atoms with E-state index in [9.17, 15) is 22.8 Å². The van der Waals surface area contributed by atoms with Gasteiger partial charge < -0.3 is 5.32 Å². The number of carbonyl (C=O) groups excluding carboxylic acids is 2. The van der Waals surface area contributed by atoms with E-state index >= 15 is 0 Å². The summed E-state index contributed by atoms with van der Waals surface area (Å²) in [5.74, 6) is -2.66. The highest BCUT2D eigenvalue weighted by Crippen LogP contribution is 2.48. The number of ketones is 1. The number of halogens is 5. The number of Topliss-reactive ketones (excluding diaryl/α,β-unsaturated/α-hetero) is 1. The zero-order chi connectivity index (χ0) is 26.5. The third-order valence-corrected chi connectivity index (χ3v) is 7.50. The van der Waals surface area contributed by atoms with Gasteiger partial charge in [0, 0.05) is 17.7 Å². The number of carbonyl (C=O) groups is 2. The number of amides is 1. The molecule has 1 N–H and O–H groups in total. The fourth-order valence-electron chi connectivity index (χ4n) is 5.02. The van der Waals surface area contributed by atoms with Gasteiger partial charge in [-0.25, -0.2) is 0 Å². The van der Waals surface area contributed by atoms with Crippen molar-refractivity contribution in [2.45, 2.75) is 37.9 Å². The molecule has 37 heavy (non-hydrogen) atoms. The fourth-order valence-corrected chi connectivity index (χ4v) is 5.32. The van der Waals surface area contributed by atoms with Crippen LogP contribution >= 0.6 is 23.2 Å². The maximum atomic E-state index is 14.0. The molecule has 1 aliphatic heterocycles. The lowest BCUT2D eigenvalue weighted by Crippen LogP contribution is -2.45.